The van der Waals surface area contributed by atoms with Gasteiger partial charge >= 0.3 is 0 Å². The second kappa shape index (κ2) is 3.14. The Morgan fingerprint density at radius 2 is 1.90 bits per heavy atom. The van der Waals surface area contributed by atoms with Gasteiger partial charge in [-0.1, -0.05) is 15.9 Å². The third-order valence-corrected chi connectivity index (χ3v) is 1.41. The van der Waals surface area contributed by atoms with Gasteiger partial charge in [0.25, 0.3) is 0 Å². The Balaban J connectivity index is 3.99. The van der Waals surface area contributed by atoms with Crippen LogP contribution in [0.4, 0.5) is 0 Å². The van der Waals surface area contributed by atoms with E-state index in [2.05, 4.69) is 15.9 Å². The number of carbonyl (C=O) groups is 2. The zero-order valence-corrected chi connectivity index (χ0v) is 7.40. The Kier molecular flexibility index (Phi) is 3.02. The summed E-state index contributed by atoms with van der Waals surface area (Å²) in [7, 11) is 0. The molecule has 0 N–H and O–H groups in total. The summed E-state index contributed by atoms with van der Waals surface area (Å²) in [4.78, 5) is 20.7. The van der Waals surface area contributed by atoms with Crippen LogP contribution in [0.2, 0.25) is 0 Å². The van der Waals surface area contributed by atoms with Crippen molar-refractivity contribution in [2.24, 2.45) is 0 Å². The summed E-state index contributed by atoms with van der Waals surface area (Å²) in [5, 5.41) is 9.90. The van der Waals surface area contributed by atoms with E-state index in [-0.39, 0.29) is 5.78 Å². The minimum absolute atomic E-state index is 0.382. The van der Waals surface area contributed by atoms with Crippen LogP contribution in [0.15, 0.2) is 0 Å². The molecule has 0 atom stereocenters. The Morgan fingerprint density at radius 3 is 2.00 bits per heavy atom. The van der Waals surface area contributed by atoms with E-state index in [4.69, 9.17) is 0 Å². The molecule has 0 aliphatic carbocycles. The molecular formula is C6H8BrO3-. The lowest BCUT2D eigenvalue weighted by Gasteiger charge is -2.14. The first-order valence-corrected chi connectivity index (χ1v) is 3.55. The number of alkyl halides is 1. The molecule has 0 rings (SSSR count). The number of carboxylic acids is 1. The van der Waals surface area contributed by atoms with E-state index in [0.29, 0.717) is 0 Å². The number of carbonyl (C=O) groups excluding carboxylic acids is 2. The van der Waals surface area contributed by atoms with Gasteiger partial charge in [-0.2, -0.15) is 0 Å². The van der Waals surface area contributed by atoms with Crippen LogP contribution in [-0.4, -0.2) is 16.1 Å². The molecule has 0 radical (unpaired) electrons. The number of ketones is 1. The molecule has 10 heavy (non-hydrogen) atoms. The number of hydrogen-bond acceptors (Lipinski definition) is 3. The topological polar surface area (TPSA) is 57.2 Å². The van der Waals surface area contributed by atoms with E-state index in [1.54, 1.807) is 13.8 Å². The molecule has 58 valence electrons. The molecule has 0 amide bonds. The lowest BCUT2D eigenvalue weighted by atomic mass is 10.1. The van der Waals surface area contributed by atoms with Gasteiger partial charge in [-0.25, -0.2) is 0 Å². The highest BCUT2D eigenvalue weighted by molar-refractivity contribution is 9.10. The molecule has 0 aromatic rings. The fourth-order valence-electron chi connectivity index (χ4n) is 0.341. The highest BCUT2D eigenvalue weighted by Gasteiger charge is 2.22. The summed E-state index contributed by atoms with van der Waals surface area (Å²) in [6.45, 7) is 3.19. The smallest absolute Gasteiger partial charge is 0.154 e. The van der Waals surface area contributed by atoms with Gasteiger partial charge in [0, 0.05) is 12.4 Å². The predicted octanol–water partition coefficient (Wildman–Crippen LogP) is -0.131. The maximum absolute atomic E-state index is 10.8. The third kappa shape index (κ3) is 3.61. The molecule has 0 aliphatic heterocycles. The van der Waals surface area contributed by atoms with Crippen LogP contribution in [0.25, 0.3) is 0 Å². The summed E-state index contributed by atoms with van der Waals surface area (Å²) < 4.78 is -0.757. The zero-order chi connectivity index (χ0) is 8.36. The number of carboxylic acid groups (broad SMARTS) is 1. The van der Waals surface area contributed by atoms with Crippen LogP contribution in [-0.2, 0) is 9.59 Å². The van der Waals surface area contributed by atoms with Gasteiger partial charge in [0.15, 0.2) is 5.78 Å². The van der Waals surface area contributed by atoms with Crippen LogP contribution in [0.3, 0.4) is 0 Å². The van der Waals surface area contributed by atoms with Crippen molar-refractivity contribution < 1.29 is 14.7 Å². The average molecular weight is 208 g/mol. The highest BCUT2D eigenvalue weighted by Crippen LogP contribution is 2.18. The largest absolute Gasteiger partial charge is 0.550 e. The van der Waals surface area contributed by atoms with E-state index >= 15 is 0 Å². The number of rotatable bonds is 3. The Hall–Kier alpha value is -0.380. The first-order valence-electron chi connectivity index (χ1n) is 2.76. The second-order valence-electron chi connectivity index (χ2n) is 2.44. The fourth-order valence-corrected chi connectivity index (χ4v) is 0.481. The maximum atomic E-state index is 10.8. The van der Waals surface area contributed by atoms with Crippen molar-refractivity contribution in [2.45, 2.75) is 24.6 Å². The highest BCUT2D eigenvalue weighted by atomic mass is 79.9. The van der Waals surface area contributed by atoms with Gasteiger partial charge < -0.3 is 9.90 Å². The number of hydrogen-bond donors (Lipinski definition) is 0. The normalized spacial score (nSPS) is 11.1. The van der Waals surface area contributed by atoms with E-state index in [0.717, 1.165) is 0 Å². The molecule has 0 spiro atoms. The van der Waals surface area contributed by atoms with E-state index < -0.39 is 16.7 Å². The predicted molar refractivity (Wildman–Crippen MR) is 37.6 cm³/mol. The Morgan fingerprint density at radius 1 is 1.50 bits per heavy atom. The van der Waals surface area contributed by atoms with Gasteiger partial charge in [-0.15, -0.1) is 0 Å². The number of aliphatic carboxylic acids is 1. The molecule has 0 aromatic heterocycles. The van der Waals surface area contributed by atoms with Crippen LogP contribution in [0.1, 0.15) is 20.3 Å². The van der Waals surface area contributed by atoms with Crippen LogP contribution in [0.5, 0.6) is 0 Å². The first kappa shape index (κ1) is 9.62. The maximum Gasteiger partial charge on any atom is 0.154 e. The standard InChI is InChI=1S/C6H9BrO3/c1-6(2,7)4(8)3-5(9)10/h3H2,1-2H3,(H,9,10)/p-1. The monoisotopic (exact) mass is 207 g/mol. The van der Waals surface area contributed by atoms with Crippen LogP contribution >= 0.6 is 15.9 Å². The Labute approximate surface area is 67.5 Å². The molecule has 0 fully saturated rings. The second-order valence-corrected chi connectivity index (χ2v) is 4.43. The number of halogens is 1. The summed E-state index contributed by atoms with van der Waals surface area (Å²) in [6, 6.07) is 0. The van der Waals surface area contributed by atoms with Crippen molar-refractivity contribution in [1.29, 1.82) is 0 Å². The number of Topliss-reactive ketones (excluding diaryl/α,β-unsaturated/α-hetero) is 1. The van der Waals surface area contributed by atoms with Gasteiger partial charge in [-0.05, 0) is 13.8 Å². The molecule has 0 unspecified atom stereocenters. The van der Waals surface area contributed by atoms with Crippen LogP contribution < -0.4 is 5.11 Å². The van der Waals surface area contributed by atoms with E-state index in [1.165, 1.54) is 0 Å². The molecule has 4 heteroatoms. The van der Waals surface area contributed by atoms with Gasteiger partial charge in [0.2, 0.25) is 0 Å². The fraction of sp³-hybridized carbons (Fsp3) is 0.667. The van der Waals surface area contributed by atoms with Gasteiger partial charge in [0.05, 0.1) is 4.32 Å². The molecule has 0 aromatic carbocycles. The average Bonchev–Trinajstić information content (AvgIpc) is 1.60. The van der Waals surface area contributed by atoms with Crippen molar-refractivity contribution in [1.82, 2.24) is 0 Å². The molecule has 0 heterocycles. The van der Waals surface area contributed by atoms with Gasteiger partial charge in [-0.3, -0.25) is 4.79 Å². The molecule has 0 bridgehead atoms. The van der Waals surface area contributed by atoms with E-state index in [9.17, 15) is 14.7 Å². The van der Waals surface area contributed by atoms with Crippen molar-refractivity contribution in [2.75, 3.05) is 0 Å². The molecule has 3 nitrogen and oxygen atoms in total. The zero-order valence-electron chi connectivity index (χ0n) is 5.81. The van der Waals surface area contributed by atoms with Crippen molar-refractivity contribution in [3.05, 3.63) is 0 Å². The minimum Gasteiger partial charge on any atom is -0.550 e. The third-order valence-electron chi connectivity index (χ3n) is 0.968. The molecule has 0 saturated carbocycles. The minimum atomic E-state index is -1.34. The van der Waals surface area contributed by atoms with Crippen molar-refractivity contribution >= 4 is 27.7 Å². The van der Waals surface area contributed by atoms with Crippen molar-refractivity contribution in [3.8, 4) is 0 Å². The quantitative estimate of drug-likeness (QED) is 0.479. The van der Waals surface area contributed by atoms with Gasteiger partial charge in [0.1, 0.15) is 0 Å². The van der Waals surface area contributed by atoms with Crippen molar-refractivity contribution in [3.63, 3.8) is 0 Å². The lowest BCUT2D eigenvalue weighted by Crippen LogP contribution is -2.32. The first-order chi connectivity index (χ1) is 4.34. The summed E-state index contributed by atoms with van der Waals surface area (Å²) >= 11 is 3.03. The molecule has 0 saturated heterocycles. The summed E-state index contributed by atoms with van der Waals surface area (Å²) in [6.07, 6.45) is -0.530. The SMILES string of the molecule is CC(C)(Br)C(=O)CC(=O)[O-]. The molecule has 0 aliphatic rings. The lowest BCUT2D eigenvalue weighted by molar-refractivity contribution is -0.304. The van der Waals surface area contributed by atoms with Crippen LogP contribution in [0, 0.1) is 0 Å². The summed E-state index contributed by atoms with van der Waals surface area (Å²) in [5.74, 6) is -1.72. The molecular weight excluding hydrogens is 200 g/mol. The Bertz CT molecular complexity index is 157. The van der Waals surface area contributed by atoms with E-state index in [1.807, 2.05) is 0 Å². The summed E-state index contributed by atoms with van der Waals surface area (Å²) in [5.41, 5.74) is 0.